The number of para-hydroxylation sites is 2. The molecular weight excluding hydrogens is 1740 g/mol. The molecule has 144 heavy (non-hydrogen) atoms. The lowest BCUT2D eigenvalue weighted by atomic mass is 9.79. The van der Waals surface area contributed by atoms with Crippen molar-refractivity contribution in [2.45, 2.75) is 103 Å². The summed E-state index contributed by atoms with van der Waals surface area (Å²) in [4.78, 5) is 14.1. The first-order valence-electron chi connectivity index (χ1n) is 50.7. The van der Waals surface area contributed by atoms with Crippen LogP contribution >= 0.6 is 0 Å². The molecule has 23 aromatic rings. The van der Waals surface area contributed by atoms with Crippen molar-refractivity contribution in [2.75, 3.05) is 9.80 Å². The Kier molecular flexibility index (Phi) is 21.2. The fraction of sp³-hybridized carbons (Fsp3) is 0.114. The third kappa shape index (κ3) is 14.9. The van der Waals surface area contributed by atoms with E-state index in [0.717, 1.165) is 55.9 Å². The molecule has 0 amide bonds. The summed E-state index contributed by atoms with van der Waals surface area (Å²) in [5.41, 5.74) is 48.9. The van der Waals surface area contributed by atoms with Gasteiger partial charge in [-0.3, -0.25) is 9.97 Å². The van der Waals surface area contributed by atoms with Crippen LogP contribution in [-0.2, 0) is 27.1 Å². The fourth-order valence-corrected chi connectivity index (χ4v) is 24.1. The Balaban J connectivity index is 0.000000124. The Labute approximate surface area is 845 Å². The second kappa shape index (κ2) is 34.5. The maximum absolute atomic E-state index is 4.67. The summed E-state index contributed by atoms with van der Waals surface area (Å²) in [6.07, 6.45) is 3.75. The molecule has 0 fully saturated rings. The van der Waals surface area contributed by atoms with E-state index < -0.39 is 0 Å². The molecule has 4 nitrogen and oxygen atoms in total. The monoisotopic (exact) mass is 1850 g/mol. The number of pyridine rings is 2. The number of anilines is 6. The van der Waals surface area contributed by atoms with E-state index in [1.54, 1.807) is 0 Å². The second-order valence-corrected chi connectivity index (χ2v) is 42.7. The van der Waals surface area contributed by atoms with Crippen LogP contribution in [0.25, 0.3) is 177 Å². The summed E-state index contributed by atoms with van der Waals surface area (Å²) in [5.74, 6) is 0. The zero-order valence-electron chi connectivity index (χ0n) is 83.2. The van der Waals surface area contributed by atoms with Gasteiger partial charge in [-0.1, -0.05) is 428 Å². The molecule has 0 unspecified atom stereocenters. The molecule has 4 heteroatoms. The van der Waals surface area contributed by atoms with Crippen LogP contribution in [0, 0.1) is 0 Å². The first-order chi connectivity index (χ1) is 70.0. The summed E-state index contributed by atoms with van der Waals surface area (Å²) in [6.45, 7) is 25.9. The number of hydrogen-bond donors (Lipinski definition) is 0. The molecule has 2 heterocycles. The molecule has 0 radical (unpaired) electrons. The Morgan fingerprint density at radius 2 is 0.458 bits per heavy atom. The predicted octanol–water partition coefficient (Wildman–Crippen LogP) is 38.2. The summed E-state index contributed by atoms with van der Waals surface area (Å²) >= 11 is 0. The van der Waals surface area contributed by atoms with Gasteiger partial charge in [-0.05, 0) is 313 Å². The molecule has 0 saturated heterocycles. The molecule has 0 saturated carbocycles. The molecule has 2 aromatic heterocycles. The highest BCUT2D eigenvalue weighted by Crippen LogP contribution is 2.57. The molecule has 4 aliphatic rings. The van der Waals surface area contributed by atoms with Gasteiger partial charge in [0.15, 0.2) is 0 Å². The zero-order chi connectivity index (χ0) is 97.7. The maximum Gasteiger partial charge on any atom is 0.0970 e. The standard InChI is InChI=1S/C66H52N2.C50H42.C24H16N2/c1-65(2)61-27-13-11-25-57(61)59-39-37-55(43-63(59)65)67(51-19-7-5-8-20-51)53-23-15-17-49(41-53)47-33-29-45(30-34-47)46-31-35-48(36-32-46)50-18-16-24-54(42-50)68(52-21-9-6-10-22-52)56-38-40-60-58-26-12-14-28-62(58)66(3,4)64(60)44-56;1-48(2,3)35-24-33-13-12-29-14-19-36(41-23-18-34(25-35)46(33)47(29)41)32-17-22-40-39-21-16-31(27-44(39)50(6,7)45(40)28-32)30-15-20-38-37-10-8-9-11-42(37)49(4,5)43(38)26-30;1-3-7-17(8-4-1)19-13-15-25-23-21(19)11-12-22-20(14-16-26-24(22)23)18-9-5-2-6-10-18/h5-44H,1-4H3;8-28H,1-7H3;1-16H. The lowest BCUT2D eigenvalue weighted by molar-refractivity contribution is 0.591. The normalized spacial score (nSPS) is 13.7. The number of rotatable bonds is 13. The van der Waals surface area contributed by atoms with Crippen molar-refractivity contribution in [1.82, 2.24) is 9.97 Å². The van der Waals surface area contributed by atoms with E-state index in [1.807, 2.05) is 24.5 Å². The van der Waals surface area contributed by atoms with Gasteiger partial charge in [-0.25, -0.2) is 0 Å². The number of benzene rings is 21. The summed E-state index contributed by atoms with van der Waals surface area (Å²) in [6, 6.07) is 168. The van der Waals surface area contributed by atoms with Crippen molar-refractivity contribution < 1.29 is 0 Å². The first-order valence-corrected chi connectivity index (χ1v) is 50.7. The highest BCUT2D eigenvalue weighted by atomic mass is 15.1. The summed E-state index contributed by atoms with van der Waals surface area (Å²) in [5, 5.41) is 10.3. The van der Waals surface area contributed by atoms with E-state index in [9.17, 15) is 0 Å². The average Bonchev–Trinajstić information content (AvgIpc) is 1.51. The first kappa shape index (κ1) is 88.5. The smallest absolute Gasteiger partial charge is 0.0970 e. The number of fused-ring (bicyclic) bond motifs is 15. The Hall–Kier alpha value is -16.9. The SMILES string of the molecule is CC(C)(C)c1cc2ccc3ccc(-c4ccc5c(c4)C(C)(C)c4cc(-c6ccc7c(c6)C(C)(C)c6ccccc6-7)ccc4-5)c4ccc(c1)c2c34.CC1(C)c2ccccc2-c2ccc(N(c3ccccc3)c3cccc(-c4ccc(-c5ccc(-c6cccc(N(c7ccccc7)c7ccc8c(c7)C(C)(C)c7ccccc7-8)c6)cc5)cc4)c3)cc21.c1ccc(-c2ccnc3c2ccc2c(-c4ccccc4)ccnc23)cc1. The molecule has 0 bridgehead atoms. The van der Waals surface area contributed by atoms with E-state index in [2.05, 4.69) is 539 Å². The van der Waals surface area contributed by atoms with E-state index in [4.69, 9.17) is 0 Å². The van der Waals surface area contributed by atoms with Gasteiger partial charge in [0.1, 0.15) is 0 Å². The molecular formula is C140H110N4. The molecule has 690 valence electrons. The van der Waals surface area contributed by atoms with Crippen LogP contribution in [0.2, 0.25) is 0 Å². The lowest BCUT2D eigenvalue weighted by Gasteiger charge is -2.28. The maximum atomic E-state index is 4.67. The third-order valence-corrected chi connectivity index (χ3v) is 31.8. The number of aromatic nitrogens is 2. The molecule has 0 spiro atoms. The van der Waals surface area contributed by atoms with Crippen LogP contribution in [-0.4, -0.2) is 9.97 Å². The van der Waals surface area contributed by atoms with Crippen molar-refractivity contribution >= 4 is 88.2 Å². The Morgan fingerprint density at radius 1 is 0.181 bits per heavy atom. The highest BCUT2D eigenvalue weighted by molar-refractivity contribution is 6.26. The van der Waals surface area contributed by atoms with E-state index in [1.165, 1.54) is 205 Å². The second-order valence-electron chi connectivity index (χ2n) is 42.7. The highest BCUT2D eigenvalue weighted by Gasteiger charge is 2.41. The fourth-order valence-electron chi connectivity index (χ4n) is 24.1. The molecule has 0 aliphatic heterocycles. The molecule has 27 rings (SSSR count). The lowest BCUT2D eigenvalue weighted by Crippen LogP contribution is -2.16. The van der Waals surface area contributed by atoms with Gasteiger partial charge in [-0.15, -0.1) is 0 Å². The van der Waals surface area contributed by atoms with Crippen LogP contribution in [0.3, 0.4) is 0 Å². The van der Waals surface area contributed by atoms with Crippen molar-refractivity contribution in [2.24, 2.45) is 0 Å². The van der Waals surface area contributed by atoms with Gasteiger partial charge >= 0.3 is 0 Å². The van der Waals surface area contributed by atoms with Crippen LogP contribution in [0.15, 0.2) is 467 Å². The van der Waals surface area contributed by atoms with Crippen LogP contribution < -0.4 is 9.80 Å². The van der Waals surface area contributed by atoms with Crippen molar-refractivity contribution in [3.05, 3.63) is 517 Å². The minimum atomic E-state index is -0.115. The zero-order valence-corrected chi connectivity index (χ0v) is 83.2. The Morgan fingerprint density at radius 3 is 0.875 bits per heavy atom. The van der Waals surface area contributed by atoms with E-state index >= 15 is 0 Å². The van der Waals surface area contributed by atoms with Gasteiger partial charge in [0.25, 0.3) is 0 Å². The minimum Gasteiger partial charge on any atom is -0.310 e. The van der Waals surface area contributed by atoms with Gasteiger partial charge in [0.2, 0.25) is 0 Å². The van der Waals surface area contributed by atoms with Gasteiger partial charge in [0.05, 0.1) is 11.0 Å². The van der Waals surface area contributed by atoms with Crippen LogP contribution in [0.1, 0.15) is 126 Å². The van der Waals surface area contributed by atoms with E-state index in [-0.39, 0.29) is 27.1 Å². The quantitative estimate of drug-likeness (QED) is 0.108. The van der Waals surface area contributed by atoms with Crippen molar-refractivity contribution in [3.8, 4) is 122 Å². The van der Waals surface area contributed by atoms with Gasteiger partial charge in [-0.2, -0.15) is 0 Å². The third-order valence-electron chi connectivity index (χ3n) is 31.8. The van der Waals surface area contributed by atoms with Crippen molar-refractivity contribution in [3.63, 3.8) is 0 Å². The molecule has 0 N–H and O–H groups in total. The molecule has 4 aliphatic carbocycles. The van der Waals surface area contributed by atoms with Gasteiger partial charge in [0, 0.05) is 79.0 Å². The number of nitrogens with zero attached hydrogens (tertiary/aromatic N) is 4. The summed E-state index contributed by atoms with van der Waals surface area (Å²) in [7, 11) is 0. The largest absolute Gasteiger partial charge is 0.310 e. The minimum absolute atomic E-state index is 0.00886. The predicted molar refractivity (Wildman–Crippen MR) is 610 cm³/mol. The van der Waals surface area contributed by atoms with Gasteiger partial charge < -0.3 is 9.80 Å². The molecule has 21 aromatic carbocycles. The number of hydrogen-bond acceptors (Lipinski definition) is 4. The van der Waals surface area contributed by atoms with E-state index in [0.29, 0.717) is 0 Å². The molecule has 0 atom stereocenters. The Bertz CT molecular complexity index is 8660. The topological polar surface area (TPSA) is 32.3 Å². The van der Waals surface area contributed by atoms with Crippen molar-refractivity contribution in [1.29, 1.82) is 0 Å². The average molecular weight is 1850 g/mol. The van der Waals surface area contributed by atoms with Crippen LogP contribution in [0.5, 0.6) is 0 Å². The van der Waals surface area contributed by atoms with Crippen LogP contribution in [0.4, 0.5) is 34.1 Å². The summed E-state index contributed by atoms with van der Waals surface area (Å²) < 4.78 is 0.